The number of urea groups is 1. The Morgan fingerprint density at radius 3 is 1.62 bits per heavy atom. The number of anilines is 2. The lowest BCUT2D eigenvalue weighted by molar-refractivity contribution is -0.114. The summed E-state index contributed by atoms with van der Waals surface area (Å²) in [5.74, 6) is -0.864. The van der Waals surface area contributed by atoms with E-state index in [1.165, 1.54) is 12.5 Å². The average molecular weight is 642 g/mol. The molecular weight excluding hydrogens is 598 g/mol. The number of pyridine rings is 1. The van der Waals surface area contributed by atoms with Crippen LogP contribution in [0.2, 0.25) is 0 Å². The molecule has 0 aliphatic carbocycles. The molecule has 0 bridgehead atoms. The summed E-state index contributed by atoms with van der Waals surface area (Å²) < 4.78 is 9.74. The molecule has 3 N–H and O–H groups in total. The maximum atomic E-state index is 12.2. The fourth-order valence-electron chi connectivity index (χ4n) is 3.86. The molecule has 0 saturated carbocycles. The highest BCUT2D eigenvalue weighted by Gasteiger charge is 2.11. The van der Waals surface area contributed by atoms with Crippen molar-refractivity contribution in [3.05, 3.63) is 126 Å². The molecule has 1 aromatic heterocycles. The first-order chi connectivity index (χ1) is 22.7. The molecule has 47 heavy (non-hydrogen) atoms. The average Bonchev–Trinajstić information content (AvgIpc) is 3.07. The van der Waals surface area contributed by atoms with Crippen LogP contribution in [-0.4, -0.2) is 61.1 Å². The second-order valence-corrected chi connectivity index (χ2v) is 9.93. The summed E-state index contributed by atoms with van der Waals surface area (Å²) >= 11 is 0. The predicted octanol–water partition coefficient (Wildman–Crippen LogP) is 6.15. The number of rotatable bonds is 10. The molecule has 0 radical (unpaired) electrons. The monoisotopic (exact) mass is 641 g/mol. The van der Waals surface area contributed by atoms with E-state index in [1.54, 1.807) is 86.7 Å². The van der Waals surface area contributed by atoms with Crippen LogP contribution in [-0.2, 0) is 27.4 Å². The van der Waals surface area contributed by atoms with Crippen molar-refractivity contribution in [3.8, 4) is 0 Å². The minimum Gasteiger partial charge on any atom is -0.462 e. The van der Waals surface area contributed by atoms with Crippen LogP contribution < -0.4 is 16.0 Å². The van der Waals surface area contributed by atoms with Crippen LogP contribution in [0.4, 0.5) is 16.2 Å². The van der Waals surface area contributed by atoms with Crippen molar-refractivity contribution < 1.29 is 28.7 Å². The Morgan fingerprint density at radius 1 is 0.681 bits per heavy atom. The standard InChI is InChI=1S/C18H20N2O3.C11H13NO3.C7H10N2/c1-3-23-17(21)15-9-11-16(12-10-15)19-18(22)20(2)13-14-7-5-4-6-8-14;1-3-15-11(14)9-4-6-10(7-5-9)12-8(2)13;1-8-6-7-2-4-9-5-3-7/h4-12H,3,13H2,1-2H3,(H,19,22);4-7H,3H2,1-2H3,(H,12,13);2-5,8H,6H2,1H3. The third-order valence-electron chi connectivity index (χ3n) is 6.10. The number of carbonyl (C=O) groups excluding carboxylic acids is 4. The number of hydrogen-bond acceptors (Lipinski definition) is 8. The molecule has 0 atom stereocenters. The fourth-order valence-corrected chi connectivity index (χ4v) is 3.86. The zero-order chi connectivity index (χ0) is 34.4. The first-order valence-corrected chi connectivity index (χ1v) is 15.1. The summed E-state index contributed by atoms with van der Waals surface area (Å²) in [5, 5.41) is 8.46. The number of nitrogens with zero attached hydrogens (tertiary/aromatic N) is 2. The summed E-state index contributed by atoms with van der Waals surface area (Å²) in [6, 6.07) is 26.7. The third kappa shape index (κ3) is 14.9. The lowest BCUT2D eigenvalue weighted by Crippen LogP contribution is -2.30. The molecule has 3 aromatic carbocycles. The van der Waals surface area contributed by atoms with Gasteiger partial charge in [-0.1, -0.05) is 30.3 Å². The number of benzene rings is 3. The largest absolute Gasteiger partial charge is 0.462 e. The summed E-state index contributed by atoms with van der Waals surface area (Å²) in [7, 11) is 3.66. The van der Waals surface area contributed by atoms with Gasteiger partial charge in [-0.3, -0.25) is 9.78 Å². The molecule has 4 rings (SSSR count). The van der Waals surface area contributed by atoms with E-state index >= 15 is 0 Å². The van der Waals surface area contributed by atoms with Crippen molar-refractivity contribution in [2.24, 2.45) is 0 Å². The van der Waals surface area contributed by atoms with E-state index in [9.17, 15) is 19.2 Å². The van der Waals surface area contributed by atoms with Crippen LogP contribution in [0.25, 0.3) is 0 Å². The van der Waals surface area contributed by atoms with E-state index in [0.717, 1.165) is 12.1 Å². The zero-order valence-corrected chi connectivity index (χ0v) is 27.5. The van der Waals surface area contributed by atoms with Crippen molar-refractivity contribution in [2.45, 2.75) is 33.9 Å². The molecule has 0 spiro atoms. The molecule has 3 amide bonds. The van der Waals surface area contributed by atoms with Gasteiger partial charge in [-0.2, -0.15) is 0 Å². The maximum absolute atomic E-state index is 12.2. The van der Waals surface area contributed by atoms with Crippen molar-refractivity contribution in [1.29, 1.82) is 0 Å². The molecule has 248 valence electrons. The fraction of sp³-hybridized carbons (Fsp3) is 0.250. The first-order valence-electron chi connectivity index (χ1n) is 15.1. The lowest BCUT2D eigenvalue weighted by Gasteiger charge is -2.18. The molecule has 11 heteroatoms. The summed E-state index contributed by atoms with van der Waals surface area (Å²) in [6.45, 7) is 7.07. The number of aromatic nitrogens is 1. The van der Waals surface area contributed by atoms with Gasteiger partial charge in [0.25, 0.3) is 0 Å². The van der Waals surface area contributed by atoms with Gasteiger partial charge < -0.3 is 30.3 Å². The van der Waals surface area contributed by atoms with Crippen LogP contribution >= 0.6 is 0 Å². The second-order valence-electron chi connectivity index (χ2n) is 9.93. The molecule has 0 fully saturated rings. The minimum atomic E-state index is -0.369. The van der Waals surface area contributed by atoms with E-state index in [1.807, 2.05) is 49.5 Å². The zero-order valence-electron chi connectivity index (χ0n) is 27.5. The smallest absolute Gasteiger partial charge is 0.338 e. The molecular formula is C36H43N5O6. The summed E-state index contributed by atoms with van der Waals surface area (Å²) in [5.41, 5.74) is 4.56. The Balaban J connectivity index is 0.000000273. The normalized spacial score (nSPS) is 9.72. The second kappa shape index (κ2) is 21.2. The number of amides is 3. The molecule has 11 nitrogen and oxygen atoms in total. The van der Waals surface area contributed by atoms with Crippen molar-refractivity contribution in [3.63, 3.8) is 0 Å². The van der Waals surface area contributed by atoms with Gasteiger partial charge in [0, 0.05) is 50.8 Å². The summed E-state index contributed by atoms with van der Waals surface area (Å²) in [6.07, 6.45) is 3.60. The lowest BCUT2D eigenvalue weighted by atomic mass is 10.2. The molecule has 4 aromatic rings. The predicted molar refractivity (Wildman–Crippen MR) is 183 cm³/mol. The van der Waals surface area contributed by atoms with Crippen molar-refractivity contribution >= 4 is 35.3 Å². The number of hydrogen-bond donors (Lipinski definition) is 3. The van der Waals surface area contributed by atoms with Crippen LogP contribution in [0.15, 0.2) is 103 Å². The Labute approximate surface area is 276 Å². The molecule has 0 saturated heterocycles. The highest BCUT2D eigenvalue weighted by atomic mass is 16.5. The maximum Gasteiger partial charge on any atom is 0.338 e. The Hall–Kier alpha value is -5.55. The van der Waals surface area contributed by atoms with Crippen LogP contribution in [0.3, 0.4) is 0 Å². The van der Waals surface area contributed by atoms with Crippen LogP contribution in [0.5, 0.6) is 0 Å². The van der Waals surface area contributed by atoms with E-state index in [0.29, 0.717) is 42.3 Å². The number of ether oxygens (including phenoxy) is 2. The van der Waals surface area contributed by atoms with Gasteiger partial charge in [0.15, 0.2) is 0 Å². The van der Waals surface area contributed by atoms with E-state index in [4.69, 9.17) is 9.47 Å². The number of nitrogens with one attached hydrogen (secondary N) is 3. The molecule has 0 aliphatic heterocycles. The Kier molecular flexibility index (Phi) is 17.0. The first kappa shape index (κ1) is 37.6. The third-order valence-corrected chi connectivity index (χ3v) is 6.10. The van der Waals surface area contributed by atoms with E-state index < -0.39 is 0 Å². The molecule has 0 aliphatic rings. The van der Waals surface area contributed by atoms with Gasteiger partial charge in [0.1, 0.15) is 0 Å². The minimum absolute atomic E-state index is 0.140. The van der Waals surface area contributed by atoms with Gasteiger partial charge in [0.2, 0.25) is 5.91 Å². The van der Waals surface area contributed by atoms with E-state index in [-0.39, 0.29) is 23.9 Å². The van der Waals surface area contributed by atoms with Gasteiger partial charge in [-0.05, 0) is 92.7 Å². The van der Waals surface area contributed by atoms with Gasteiger partial charge in [-0.25, -0.2) is 14.4 Å². The van der Waals surface area contributed by atoms with Gasteiger partial charge >= 0.3 is 18.0 Å². The van der Waals surface area contributed by atoms with Crippen LogP contribution in [0.1, 0.15) is 52.6 Å². The highest BCUT2D eigenvalue weighted by Crippen LogP contribution is 2.13. The quantitative estimate of drug-likeness (QED) is 0.175. The topological polar surface area (TPSA) is 139 Å². The van der Waals surface area contributed by atoms with E-state index in [2.05, 4.69) is 20.9 Å². The molecule has 0 unspecified atom stereocenters. The van der Waals surface area contributed by atoms with Crippen molar-refractivity contribution in [1.82, 2.24) is 15.2 Å². The van der Waals surface area contributed by atoms with Gasteiger partial charge in [-0.15, -0.1) is 0 Å². The number of esters is 2. The summed E-state index contributed by atoms with van der Waals surface area (Å²) in [4.78, 5) is 51.2. The van der Waals surface area contributed by atoms with Crippen molar-refractivity contribution in [2.75, 3.05) is 37.9 Å². The Morgan fingerprint density at radius 2 is 1.17 bits per heavy atom. The SMILES string of the molecule is CCOC(=O)c1ccc(NC(=O)N(C)Cc2ccccc2)cc1.CCOC(=O)c1ccc(NC(C)=O)cc1.CNCc1ccncc1. The number of carbonyl (C=O) groups is 4. The van der Waals surface area contributed by atoms with Gasteiger partial charge in [0.05, 0.1) is 24.3 Å². The Bertz CT molecular complexity index is 1520. The van der Waals surface area contributed by atoms with Crippen LogP contribution in [0, 0.1) is 0 Å². The highest BCUT2D eigenvalue weighted by molar-refractivity contribution is 5.93. The molecule has 1 heterocycles.